The first-order chi connectivity index (χ1) is 49.3. The maximum atomic E-state index is 13.5. The zero-order valence-electron chi connectivity index (χ0n) is 63.7. The maximum absolute atomic E-state index is 13.5. The van der Waals surface area contributed by atoms with E-state index in [0.717, 1.165) is 57.8 Å². The Morgan fingerprint density at radius 2 is 0.653 bits per heavy atom. The smallest absolute Gasteiger partial charge is 0.220 e. The molecule has 19 heteroatoms. The molecule has 0 aromatic rings. The van der Waals surface area contributed by atoms with Crippen molar-refractivity contribution in [1.29, 1.82) is 0 Å². The lowest BCUT2D eigenvalue weighted by Gasteiger charge is -2.48. The van der Waals surface area contributed by atoms with Gasteiger partial charge in [-0.2, -0.15) is 0 Å². The van der Waals surface area contributed by atoms with E-state index in [9.17, 15) is 61.0 Å². The summed E-state index contributed by atoms with van der Waals surface area (Å²) in [5, 5.41) is 121. The van der Waals surface area contributed by atoms with Gasteiger partial charge in [0.25, 0.3) is 0 Å². The number of ether oxygens (including phenoxy) is 6. The minimum absolute atomic E-state index is 0.236. The number of nitrogens with one attached hydrogen (secondary N) is 1. The summed E-state index contributed by atoms with van der Waals surface area (Å²) in [5.74, 6) is -0.236. The predicted molar refractivity (Wildman–Crippen MR) is 402 cm³/mol. The van der Waals surface area contributed by atoms with E-state index in [1.807, 2.05) is 0 Å². The van der Waals surface area contributed by atoms with Crippen molar-refractivity contribution >= 4 is 5.91 Å². The Morgan fingerprint density at radius 3 is 1.02 bits per heavy atom. The summed E-state index contributed by atoms with van der Waals surface area (Å²) in [6.07, 6.45) is 51.2. The molecule has 0 radical (unpaired) electrons. The number of hydrogen-bond donors (Lipinski definition) is 12. The van der Waals surface area contributed by atoms with Crippen LogP contribution in [0.4, 0.5) is 0 Å². The lowest BCUT2D eigenvalue weighted by Crippen LogP contribution is -2.66. The Kier molecular flexibility index (Phi) is 58.1. The highest BCUT2D eigenvalue weighted by Crippen LogP contribution is 2.33. The van der Waals surface area contributed by atoms with Crippen LogP contribution in [0.25, 0.3) is 0 Å². The van der Waals surface area contributed by atoms with Crippen molar-refractivity contribution in [3.05, 3.63) is 36.5 Å². The fourth-order valence-corrected chi connectivity index (χ4v) is 14.3. The molecule has 12 N–H and O–H groups in total. The molecule has 3 aliphatic heterocycles. The molecule has 1 amide bonds. The van der Waals surface area contributed by atoms with Crippen LogP contribution in [0, 0.1) is 0 Å². The van der Waals surface area contributed by atoms with Gasteiger partial charge in [0, 0.05) is 6.42 Å². The number of carbonyl (C=O) groups excluding carboxylic acids is 1. The Hall–Kier alpha value is -1.99. The topological polar surface area (TPSA) is 307 Å². The fraction of sp³-hybridized carbons (Fsp3) is 0.915. The number of unbranched alkanes of at least 4 members (excludes halogenated alkanes) is 45. The van der Waals surface area contributed by atoms with Crippen molar-refractivity contribution in [2.24, 2.45) is 0 Å². The van der Waals surface area contributed by atoms with Gasteiger partial charge in [0.1, 0.15) is 73.2 Å². The Bertz CT molecular complexity index is 1960. The SMILES string of the molecule is CCCCCCC/C=C\C/C=C\C/C=C\CCCCCCCCCCCCCCCCCCCCCCCCCCCCC(=O)NC(COC1OC(CO)C(OC2OC(CO)C(OC3OC(CO)C(O)C(O)C3O)C(O)C2O)C(O)C1O)C(O)CCCCCCCCCCCCCCCCC. The normalized spacial score (nSPS) is 26.4. The van der Waals surface area contributed by atoms with Gasteiger partial charge in [-0.1, -0.05) is 326 Å². The van der Waals surface area contributed by atoms with Crippen molar-refractivity contribution in [1.82, 2.24) is 5.32 Å². The monoisotopic (exact) mass is 1440 g/mol. The van der Waals surface area contributed by atoms with E-state index in [1.165, 1.54) is 257 Å². The van der Waals surface area contributed by atoms with Gasteiger partial charge in [-0.25, -0.2) is 0 Å². The molecule has 3 aliphatic rings. The lowest BCUT2D eigenvalue weighted by molar-refractivity contribution is -0.379. The second-order valence-electron chi connectivity index (χ2n) is 29.9. The van der Waals surface area contributed by atoms with Crippen molar-refractivity contribution < 1.29 is 89.4 Å². The zero-order valence-corrected chi connectivity index (χ0v) is 63.7. The van der Waals surface area contributed by atoms with Crippen molar-refractivity contribution in [3.63, 3.8) is 0 Å². The first-order valence-electron chi connectivity index (χ1n) is 41.7. The van der Waals surface area contributed by atoms with E-state index in [4.69, 9.17) is 28.4 Å². The molecule has 0 aromatic heterocycles. The minimum atomic E-state index is -1.97. The van der Waals surface area contributed by atoms with Crippen molar-refractivity contribution in [2.45, 2.75) is 452 Å². The van der Waals surface area contributed by atoms with Gasteiger partial charge in [-0.05, 0) is 51.4 Å². The summed E-state index contributed by atoms with van der Waals surface area (Å²) in [7, 11) is 0. The van der Waals surface area contributed by atoms with Crippen LogP contribution in [-0.4, -0.2) is 193 Å². The maximum Gasteiger partial charge on any atom is 0.220 e. The second-order valence-corrected chi connectivity index (χ2v) is 29.9. The van der Waals surface area contributed by atoms with Crippen LogP contribution in [0.3, 0.4) is 0 Å². The van der Waals surface area contributed by atoms with Gasteiger partial charge < -0.3 is 89.9 Å². The quantitative estimate of drug-likeness (QED) is 0.0199. The second kappa shape index (κ2) is 63.0. The molecule has 0 spiro atoms. The van der Waals surface area contributed by atoms with Gasteiger partial charge >= 0.3 is 0 Å². The molecule has 0 saturated carbocycles. The van der Waals surface area contributed by atoms with E-state index in [-0.39, 0.29) is 18.9 Å². The molecule has 0 aliphatic carbocycles. The number of rotatable bonds is 67. The molecule has 3 heterocycles. The molecule has 17 atom stereocenters. The standard InChI is InChI=1S/C82H153NO18/c1-3-5-7-9-11-13-15-17-19-20-21-22-23-24-25-26-27-28-29-30-31-32-33-34-35-36-37-38-39-40-41-42-43-44-46-48-50-52-54-56-58-60-70(88)83-65(66(87)59-57-55-53-51-49-47-45-18-16-14-12-10-8-6-4-2)64-96-80-76(94)73(91)78(68(62-85)98-80)101-82-77(95)74(92)79(69(63-86)99-82)100-81-75(93)72(90)71(89)67(61-84)97-81/h15,17,20-21,23-24,65-69,71-82,84-87,89-95H,3-14,16,18-19,22,25-64H2,1-2H3,(H,83,88)/b17-15-,21-20-,24-23-. The molecular weight excluding hydrogens is 1290 g/mol. The highest BCUT2D eigenvalue weighted by Gasteiger charge is 2.54. The highest BCUT2D eigenvalue weighted by atomic mass is 16.8. The van der Waals surface area contributed by atoms with Gasteiger partial charge in [0.15, 0.2) is 18.9 Å². The van der Waals surface area contributed by atoms with Crippen LogP contribution in [0.1, 0.15) is 348 Å². The minimum Gasteiger partial charge on any atom is -0.394 e. The summed E-state index contributed by atoms with van der Waals surface area (Å²) in [6.45, 7) is 1.83. The summed E-state index contributed by atoms with van der Waals surface area (Å²) in [5.41, 5.74) is 0. The number of carbonyl (C=O) groups is 1. The third kappa shape index (κ3) is 43.0. The van der Waals surface area contributed by atoms with Crippen LogP contribution < -0.4 is 5.32 Å². The Morgan fingerprint density at radius 1 is 0.356 bits per heavy atom. The molecule has 0 aromatic carbocycles. The van der Waals surface area contributed by atoms with E-state index in [0.29, 0.717) is 12.8 Å². The Labute approximate surface area is 612 Å². The van der Waals surface area contributed by atoms with Gasteiger partial charge in [-0.3, -0.25) is 4.79 Å². The zero-order chi connectivity index (χ0) is 73.2. The molecule has 101 heavy (non-hydrogen) atoms. The van der Waals surface area contributed by atoms with Crippen LogP contribution in [0.2, 0.25) is 0 Å². The third-order valence-corrected chi connectivity index (χ3v) is 21.0. The van der Waals surface area contributed by atoms with E-state index < -0.39 is 124 Å². The van der Waals surface area contributed by atoms with Crippen LogP contribution >= 0.6 is 0 Å². The van der Waals surface area contributed by atoms with Crippen molar-refractivity contribution in [2.75, 3.05) is 26.4 Å². The third-order valence-electron chi connectivity index (χ3n) is 21.0. The van der Waals surface area contributed by atoms with Gasteiger partial charge in [-0.15, -0.1) is 0 Å². The summed E-state index contributed by atoms with van der Waals surface area (Å²) < 4.78 is 34.5. The first kappa shape index (κ1) is 93.2. The molecule has 3 rings (SSSR count). The fourth-order valence-electron chi connectivity index (χ4n) is 14.3. The molecule has 19 nitrogen and oxygen atoms in total. The average Bonchev–Trinajstić information content (AvgIpc) is 0.782. The van der Waals surface area contributed by atoms with Crippen molar-refractivity contribution in [3.8, 4) is 0 Å². The van der Waals surface area contributed by atoms with Crippen LogP contribution in [-0.2, 0) is 33.2 Å². The molecular formula is C82H153NO18. The number of amides is 1. The lowest BCUT2D eigenvalue weighted by atomic mass is 9.96. The molecule has 3 fully saturated rings. The summed E-state index contributed by atoms with van der Waals surface area (Å²) in [4.78, 5) is 13.5. The van der Waals surface area contributed by atoms with Gasteiger partial charge in [0.2, 0.25) is 5.91 Å². The molecule has 17 unspecified atom stereocenters. The number of hydrogen-bond acceptors (Lipinski definition) is 18. The van der Waals surface area contributed by atoms with E-state index in [1.54, 1.807) is 0 Å². The van der Waals surface area contributed by atoms with E-state index in [2.05, 4.69) is 55.6 Å². The number of aliphatic hydroxyl groups excluding tert-OH is 11. The first-order valence-corrected chi connectivity index (χ1v) is 41.7. The highest BCUT2D eigenvalue weighted by molar-refractivity contribution is 5.76. The molecule has 0 bridgehead atoms. The molecule has 594 valence electrons. The van der Waals surface area contributed by atoms with Gasteiger partial charge in [0.05, 0.1) is 38.6 Å². The average molecular weight is 1440 g/mol. The van der Waals surface area contributed by atoms with Crippen LogP contribution in [0.5, 0.6) is 0 Å². The van der Waals surface area contributed by atoms with Crippen LogP contribution in [0.15, 0.2) is 36.5 Å². The summed E-state index contributed by atoms with van der Waals surface area (Å²) >= 11 is 0. The number of allylic oxidation sites excluding steroid dienone is 6. The number of aliphatic hydroxyl groups is 11. The predicted octanol–water partition coefficient (Wildman–Crippen LogP) is 14.3. The largest absolute Gasteiger partial charge is 0.394 e. The molecule has 3 saturated heterocycles. The van der Waals surface area contributed by atoms with E-state index >= 15 is 0 Å². The Balaban J connectivity index is 1.27. The summed E-state index contributed by atoms with van der Waals surface area (Å²) in [6, 6.07) is -0.885.